The summed E-state index contributed by atoms with van der Waals surface area (Å²) in [6.45, 7) is 2.03. The Kier molecular flexibility index (Phi) is 6.90. The first-order valence-corrected chi connectivity index (χ1v) is 8.57. The van der Waals surface area contributed by atoms with E-state index in [9.17, 15) is 9.67 Å². The Hall–Kier alpha value is -1.29. The van der Waals surface area contributed by atoms with Crippen LogP contribution in [0.4, 0.5) is 0 Å². The Balaban J connectivity index is 0.00000208. The number of hydrogen-bond donors (Lipinski definition) is 1. The monoisotopic (exact) mass is 351 g/mol. The molecule has 0 spiro atoms. The normalized spacial score (nSPS) is 11.7. The molecule has 1 N–H and O–H groups in total. The fourth-order valence-corrected chi connectivity index (χ4v) is 3.13. The van der Waals surface area contributed by atoms with Crippen LogP contribution in [0.1, 0.15) is 6.92 Å². The summed E-state index contributed by atoms with van der Waals surface area (Å²) in [6.07, 6.45) is 0. The van der Waals surface area contributed by atoms with Crippen LogP contribution < -0.4 is 4.52 Å². The van der Waals surface area contributed by atoms with E-state index in [1.165, 1.54) is 0 Å². The molecule has 0 aliphatic rings. The molecule has 1 atom stereocenters. The minimum absolute atomic E-state index is 0. The molecule has 0 saturated carbocycles. The van der Waals surface area contributed by atoms with Gasteiger partial charge in [-0.15, -0.1) is 0 Å². The van der Waals surface area contributed by atoms with E-state index in [1.54, 1.807) is 19.1 Å². The molecule has 1 unspecified atom stereocenters. The van der Waals surface area contributed by atoms with Crippen molar-refractivity contribution in [1.82, 2.24) is 0 Å². The Morgan fingerprint density at radius 3 is 2.54 bits per heavy atom. The minimum atomic E-state index is -2.64. The molecule has 0 fully saturated rings. The molecule has 4 nitrogen and oxygen atoms in total. The predicted octanol–water partition coefficient (Wildman–Crippen LogP) is 4.64. The average Bonchev–Trinajstić information content (AvgIpc) is 2.56. The van der Waals surface area contributed by atoms with Gasteiger partial charge in [-0.05, 0) is 41.0 Å². The third kappa shape index (κ3) is 4.21. The topological polar surface area (TPSA) is 55.8 Å². The molecule has 3 rings (SSSR count). The van der Waals surface area contributed by atoms with Gasteiger partial charge in [0.05, 0.1) is 6.61 Å². The molecule has 0 bridgehead atoms. The van der Waals surface area contributed by atoms with Crippen molar-refractivity contribution in [3.63, 3.8) is 0 Å². The van der Waals surface area contributed by atoms with Gasteiger partial charge in [0.15, 0.2) is 11.5 Å². The molecule has 0 aliphatic carbocycles. The fourth-order valence-electron chi connectivity index (χ4n) is 2.49. The molecule has 3 aromatic carbocycles. The van der Waals surface area contributed by atoms with Crippen LogP contribution in [0.25, 0.3) is 21.9 Å². The van der Waals surface area contributed by atoms with Gasteiger partial charge in [-0.2, -0.15) is 0 Å². The average molecular weight is 351 g/mol. The number of phenols is 1. The van der Waals surface area contributed by atoms with Crippen molar-refractivity contribution in [2.45, 2.75) is 6.92 Å². The maximum absolute atomic E-state index is 11.5. The van der Waals surface area contributed by atoms with E-state index in [1.807, 2.05) is 48.5 Å². The number of aromatic hydroxyl groups is 1. The van der Waals surface area contributed by atoms with Crippen LogP contribution in [-0.2, 0) is 9.09 Å². The zero-order chi connectivity index (χ0) is 16.2. The van der Waals surface area contributed by atoms with Crippen LogP contribution in [0.2, 0.25) is 0 Å². The van der Waals surface area contributed by atoms with Crippen molar-refractivity contribution in [2.24, 2.45) is 0 Å². The summed E-state index contributed by atoms with van der Waals surface area (Å²) < 4.78 is 21.5. The maximum atomic E-state index is 11.5. The van der Waals surface area contributed by atoms with Crippen molar-refractivity contribution in [3.8, 4) is 22.6 Å². The quantitative estimate of drug-likeness (QED) is 0.538. The van der Waals surface area contributed by atoms with Crippen LogP contribution in [0.15, 0.2) is 60.7 Å². The smallest absolute Gasteiger partial charge is 0.367 e. The summed E-state index contributed by atoms with van der Waals surface area (Å²) in [7, 11) is -2.64. The number of benzene rings is 3. The number of fused-ring (bicyclic) bond motifs is 1. The van der Waals surface area contributed by atoms with Gasteiger partial charge in [0, 0.05) is 29.6 Å². The number of phenolic OH excluding ortho intramolecular Hbond substituents is 1. The van der Waals surface area contributed by atoms with Crippen molar-refractivity contribution in [2.75, 3.05) is 6.61 Å². The summed E-state index contributed by atoms with van der Waals surface area (Å²) in [5.74, 6) is 0.0970. The molecule has 0 saturated heterocycles. The Morgan fingerprint density at radius 2 is 1.79 bits per heavy atom. The molecule has 0 amide bonds. The molecule has 119 valence electrons. The van der Waals surface area contributed by atoms with Crippen LogP contribution in [0.3, 0.4) is 0 Å². The van der Waals surface area contributed by atoms with E-state index in [0.29, 0.717) is 6.61 Å². The van der Waals surface area contributed by atoms with Gasteiger partial charge < -0.3 is 14.2 Å². The van der Waals surface area contributed by atoms with Crippen molar-refractivity contribution >= 4 is 48.6 Å². The molecule has 24 heavy (non-hydrogen) atoms. The van der Waals surface area contributed by atoms with Crippen LogP contribution in [-0.4, -0.2) is 41.3 Å². The van der Waals surface area contributed by atoms with Gasteiger partial charge in [-0.1, -0.05) is 48.5 Å². The molecule has 0 aliphatic heterocycles. The summed E-state index contributed by atoms with van der Waals surface area (Å²) >= 11 is 0. The minimum Gasteiger partial charge on any atom is -0.504 e. The zero-order valence-corrected chi connectivity index (χ0v) is 16.7. The van der Waals surface area contributed by atoms with Gasteiger partial charge in [-0.25, -0.2) is 4.57 Å². The van der Waals surface area contributed by atoms with Gasteiger partial charge in [0.2, 0.25) is 0 Å². The first-order chi connectivity index (χ1) is 11.2. The predicted molar refractivity (Wildman–Crippen MR) is 98.1 cm³/mol. The number of rotatable bonds is 5. The third-order valence-corrected chi connectivity index (χ3v) is 4.43. The van der Waals surface area contributed by atoms with Crippen molar-refractivity contribution in [1.29, 1.82) is 0 Å². The van der Waals surface area contributed by atoms with E-state index in [4.69, 9.17) is 9.05 Å². The van der Waals surface area contributed by atoms with E-state index in [-0.39, 0.29) is 41.1 Å². The standard InChI is InChI=1S/C18H17O4P.Na/c1-2-21-23(20)22-18-11-10-14(12-17(18)19)16-9-5-7-13-6-3-4-8-15(13)16;/h3-12,19,23H,2H2,1H3;. The van der Waals surface area contributed by atoms with Crippen molar-refractivity contribution < 1.29 is 18.7 Å². The van der Waals surface area contributed by atoms with Gasteiger partial charge >= 0.3 is 8.25 Å². The zero-order valence-electron chi connectivity index (χ0n) is 13.7. The van der Waals surface area contributed by atoms with E-state index in [2.05, 4.69) is 0 Å². The summed E-state index contributed by atoms with van der Waals surface area (Å²) in [5, 5.41) is 12.4. The van der Waals surface area contributed by atoms with E-state index >= 15 is 0 Å². The molecular formula is C18H17NaO4P. The molecule has 0 aromatic heterocycles. The SMILES string of the molecule is CCO[PH](=O)Oc1ccc(-c2cccc3ccccc23)cc1O.[Na]. The molecule has 3 aromatic rings. The summed E-state index contributed by atoms with van der Waals surface area (Å²) in [6, 6.07) is 19.1. The van der Waals surface area contributed by atoms with Crippen LogP contribution in [0, 0.1) is 0 Å². The Morgan fingerprint density at radius 1 is 1.04 bits per heavy atom. The van der Waals surface area contributed by atoms with Crippen LogP contribution >= 0.6 is 8.25 Å². The largest absolute Gasteiger partial charge is 0.504 e. The van der Waals surface area contributed by atoms with E-state index in [0.717, 1.165) is 21.9 Å². The Bertz CT molecular complexity index is 861. The second kappa shape index (κ2) is 8.70. The third-order valence-electron chi connectivity index (χ3n) is 3.52. The molecule has 6 heteroatoms. The van der Waals surface area contributed by atoms with Gasteiger partial charge in [0.1, 0.15) is 0 Å². The van der Waals surface area contributed by atoms with Gasteiger partial charge in [-0.3, -0.25) is 0 Å². The second-order valence-corrected chi connectivity index (χ2v) is 5.99. The second-order valence-electron chi connectivity index (χ2n) is 4.99. The first-order valence-electron chi connectivity index (χ1n) is 7.35. The Labute approximate surface area is 163 Å². The molecule has 1 radical (unpaired) electrons. The first kappa shape index (κ1) is 19.0. The maximum Gasteiger partial charge on any atom is 0.367 e. The van der Waals surface area contributed by atoms with Gasteiger partial charge in [0.25, 0.3) is 0 Å². The molecular weight excluding hydrogens is 334 g/mol. The van der Waals surface area contributed by atoms with Crippen molar-refractivity contribution in [3.05, 3.63) is 60.7 Å². The summed E-state index contributed by atoms with van der Waals surface area (Å²) in [4.78, 5) is 0. The number of hydrogen-bond acceptors (Lipinski definition) is 4. The fraction of sp³-hybridized carbons (Fsp3) is 0.111. The summed E-state index contributed by atoms with van der Waals surface area (Å²) in [5.41, 5.74) is 1.88. The molecule has 0 heterocycles. The van der Waals surface area contributed by atoms with E-state index < -0.39 is 8.25 Å². The van der Waals surface area contributed by atoms with Crippen LogP contribution in [0.5, 0.6) is 11.5 Å².